The van der Waals surface area contributed by atoms with Crippen LogP contribution in [0.15, 0.2) is 72.9 Å². The van der Waals surface area contributed by atoms with Gasteiger partial charge >= 0.3 is 12.1 Å². The topological polar surface area (TPSA) is 92.9 Å². The minimum absolute atomic E-state index is 0.0367. The number of rotatable bonds is 6. The maximum Gasteiger partial charge on any atom is 0.408 e. The summed E-state index contributed by atoms with van der Waals surface area (Å²) in [7, 11) is 0. The molecule has 2 N–H and O–H groups in total. The predicted octanol–water partition coefficient (Wildman–Crippen LogP) is 5.50. The number of carbonyl (C=O) groups is 2. The zero-order valence-corrected chi connectivity index (χ0v) is 20.3. The maximum atomic E-state index is 12.3. The molecule has 0 aliphatic carbocycles. The van der Waals surface area contributed by atoms with Crippen LogP contribution in [-0.4, -0.2) is 38.2 Å². The van der Waals surface area contributed by atoms with E-state index in [1.807, 2.05) is 72.1 Å². The second-order valence-electron chi connectivity index (χ2n) is 9.48. The summed E-state index contributed by atoms with van der Waals surface area (Å²) in [4.78, 5) is 29.3. The number of aromatic nitrogens is 2. The van der Waals surface area contributed by atoms with E-state index in [1.54, 1.807) is 20.8 Å². The summed E-state index contributed by atoms with van der Waals surface area (Å²) in [6.45, 7) is 7.15. The molecule has 1 unspecified atom stereocenters. The molecule has 7 nitrogen and oxygen atoms in total. The van der Waals surface area contributed by atoms with Crippen molar-refractivity contribution in [2.45, 2.75) is 45.8 Å². The van der Waals surface area contributed by atoms with Crippen molar-refractivity contribution in [3.05, 3.63) is 84.2 Å². The summed E-state index contributed by atoms with van der Waals surface area (Å²) in [5.41, 5.74) is 5.39. The van der Waals surface area contributed by atoms with Crippen molar-refractivity contribution in [2.24, 2.45) is 0 Å². The zero-order chi connectivity index (χ0) is 25.2. The van der Waals surface area contributed by atoms with Gasteiger partial charge in [0, 0.05) is 18.2 Å². The number of ether oxygens (including phenoxy) is 1. The average molecular weight is 472 g/mol. The first-order chi connectivity index (χ1) is 16.6. The van der Waals surface area contributed by atoms with Gasteiger partial charge in [0.2, 0.25) is 0 Å². The number of hydrogen-bond donors (Lipinski definition) is 2. The number of nitrogens with zero attached hydrogens (tertiary/aromatic N) is 2. The van der Waals surface area contributed by atoms with Crippen LogP contribution in [0.2, 0.25) is 0 Å². The standard InChI is InChI=1S/C28H29N3O4/c1-18-9-8-16-31-23(17-22(26(32)33)29-27(34)35-28(2,3)4)24(30-25(18)31)21-14-12-20(13-15-21)19-10-6-5-7-11-19/h5-16,22H,17H2,1-4H3,(H,29,34)(H,32,33). The Balaban J connectivity index is 1.72. The van der Waals surface area contributed by atoms with Gasteiger partial charge in [0.1, 0.15) is 17.3 Å². The number of fused-ring (bicyclic) bond motifs is 1. The third-order valence-corrected chi connectivity index (χ3v) is 5.60. The zero-order valence-electron chi connectivity index (χ0n) is 20.3. The second-order valence-corrected chi connectivity index (χ2v) is 9.48. The van der Waals surface area contributed by atoms with Gasteiger partial charge in [0.15, 0.2) is 0 Å². The van der Waals surface area contributed by atoms with Crippen molar-refractivity contribution < 1.29 is 19.4 Å². The molecule has 0 aliphatic rings. The number of amides is 1. The molecule has 35 heavy (non-hydrogen) atoms. The van der Waals surface area contributed by atoms with Crippen LogP contribution in [0, 0.1) is 6.92 Å². The normalized spacial score (nSPS) is 12.3. The van der Waals surface area contributed by atoms with Gasteiger partial charge in [-0.15, -0.1) is 0 Å². The first-order valence-corrected chi connectivity index (χ1v) is 11.5. The van der Waals surface area contributed by atoms with Crippen molar-refractivity contribution >= 4 is 17.7 Å². The summed E-state index contributed by atoms with van der Waals surface area (Å²) in [5.74, 6) is -1.15. The van der Waals surface area contributed by atoms with Crippen LogP contribution < -0.4 is 5.32 Å². The van der Waals surface area contributed by atoms with E-state index < -0.39 is 23.7 Å². The van der Waals surface area contributed by atoms with Crippen molar-refractivity contribution in [3.8, 4) is 22.4 Å². The number of benzene rings is 2. The summed E-state index contributed by atoms with van der Waals surface area (Å²) < 4.78 is 7.17. The van der Waals surface area contributed by atoms with Crippen LogP contribution in [0.5, 0.6) is 0 Å². The summed E-state index contributed by atoms with van der Waals surface area (Å²) in [6.07, 6.45) is 1.12. The number of hydrogen-bond acceptors (Lipinski definition) is 4. The first-order valence-electron chi connectivity index (χ1n) is 11.5. The average Bonchev–Trinajstić information content (AvgIpc) is 3.18. The summed E-state index contributed by atoms with van der Waals surface area (Å²) >= 11 is 0. The molecule has 0 bridgehead atoms. The highest BCUT2D eigenvalue weighted by Gasteiger charge is 2.27. The third kappa shape index (κ3) is 5.51. The Morgan fingerprint density at radius 3 is 2.23 bits per heavy atom. The number of nitrogens with one attached hydrogen (secondary N) is 1. The molecule has 0 spiro atoms. The number of carboxylic acids is 1. The Morgan fingerprint density at radius 1 is 0.971 bits per heavy atom. The van der Waals surface area contributed by atoms with Crippen LogP contribution in [0.25, 0.3) is 28.0 Å². The van der Waals surface area contributed by atoms with Gasteiger partial charge in [-0.25, -0.2) is 14.6 Å². The number of imidazole rings is 1. The molecule has 180 valence electrons. The molecule has 1 atom stereocenters. The number of alkyl carbamates (subject to hydrolysis) is 1. The van der Waals surface area contributed by atoms with Gasteiger partial charge in [0.25, 0.3) is 0 Å². The number of aliphatic carboxylic acids is 1. The van der Waals surface area contributed by atoms with Crippen LogP contribution in [0.1, 0.15) is 32.0 Å². The van der Waals surface area contributed by atoms with E-state index in [0.29, 0.717) is 11.4 Å². The van der Waals surface area contributed by atoms with Gasteiger partial charge in [-0.2, -0.15) is 0 Å². The first kappa shape index (κ1) is 24.0. The van der Waals surface area contributed by atoms with Gasteiger partial charge in [0.05, 0.1) is 11.4 Å². The van der Waals surface area contributed by atoms with Gasteiger partial charge in [-0.05, 0) is 50.5 Å². The fourth-order valence-electron chi connectivity index (χ4n) is 3.97. The monoisotopic (exact) mass is 471 g/mol. The predicted molar refractivity (Wildman–Crippen MR) is 135 cm³/mol. The SMILES string of the molecule is Cc1cccn2c(CC(NC(=O)OC(C)(C)C)C(=O)O)c(-c3ccc(-c4ccccc4)cc3)nc12. The molecule has 4 rings (SSSR count). The molecule has 0 saturated carbocycles. The Morgan fingerprint density at radius 2 is 1.60 bits per heavy atom. The highest BCUT2D eigenvalue weighted by Crippen LogP contribution is 2.29. The maximum absolute atomic E-state index is 12.3. The highest BCUT2D eigenvalue weighted by molar-refractivity contribution is 5.81. The van der Waals surface area contributed by atoms with Crippen molar-refractivity contribution in [2.75, 3.05) is 0 Å². The van der Waals surface area contributed by atoms with Crippen LogP contribution in [0.3, 0.4) is 0 Å². The molecule has 0 radical (unpaired) electrons. The van der Waals surface area contributed by atoms with Crippen molar-refractivity contribution in [1.29, 1.82) is 0 Å². The lowest BCUT2D eigenvalue weighted by atomic mass is 10.0. The quantitative estimate of drug-likeness (QED) is 0.387. The molecule has 4 aromatic rings. The lowest BCUT2D eigenvalue weighted by molar-refractivity contribution is -0.139. The molecular formula is C28H29N3O4. The molecule has 0 fully saturated rings. The van der Waals surface area contributed by atoms with E-state index in [9.17, 15) is 14.7 Å². The van der Waals surface area contributed by atoms with E-state index in [4.69, 9.17) is 9.72 Å². The second kappa shape index (κ2) is 9.62. The Bertz CT molecular complexity index is 1350. The Labute approximate surface area is 204 Å². The molecule has 1 amide bonds. The van der Waals surface area contributed by atoms with Crippen LogP contribution in [-0.2, 0) is 16.0 Å². The van der Waals surface area contributed by atoms with Gasteiger partial charge in [-0.3, -0.25) is 0 Å². The van der Waals surface area contributed by atoms with E-state index in [-0.39, 0.29) is 6.42 Å². The fourth-order valence-corrected chi connectivity index (χ4v) is 3.97. The number of aryl methyl sites for hydroxylation is 1. The van der Waals surface area contributed by atoms with Crippen molar-refractivity contribution in [3.63, 3.8) is 0 Å². The number of carbonyl (C=O) groups excluding carboxylic acids is 1. The number of pyridine rings is 1. The highest BCUT2D eigenvalue weighted by atomic mass is 16.6. The van der Waals surface area contributed by atoms with E-state index in [2.05, 4.69) is 17.4 Å². The van der Waals surface area contributed by atoms with E-state index in [0.717, 1.165) is 27.9 Å². The molecular weight excluding hydrogens is 442 g/mol. The van der Waals surface area contributed by atoms with E-state index in [1.165, 1.54) is 0 Å². The van der Waals surface area contributed by atoms with Gasteiger partial charge in [-0.1, -0.05) is 60.7 Å². The minimum atomic E-state index is -1.19. The van der Waals surface area contributed by atoms with Gasteiger partial charge < -0.3 is 19.6 Å². The summed E-state index contributed by atoms with van der Waals surface area (Å²) in [6, 6.07) is 20.8. The summed E-state index contributed by atoms with van der Waals surface area (Å²) in [5, 5.41) is 12.4. The molecule has 0 aliphatic heterocycles. The molecule has 2 aromatic heterocycles. The largest absolute Gasteiger partial charge is 0.480 e. The molecule has 2 heterocycles. The smallest absolute Gasteiger partial charge is 0.408 e. The lowest BCUT2D eigenvalue weighted by Gasteiger charge is -2.22. The Kier molecular flexibility index (Phi) is 6.60. The lowest BCUT2D eigenvalue weighted by Crippen LogP contribution is -2.44. The van der Waals surface area contributed by atoms with E-state index >= 15 is 0 Å². The Hall–Kier alpha value is -4.13. The minimum Gasteiger partial charge on any atom is -0.480 e. The number of carboxylic acid groups (broad SMARTS) is 1. The molecule has 0 saturated heterocycles. The fraction of sp³-hybridized carbons (Fsp3) is 0.250. The van der Waals surface area contributed by atoms with Crippen molar-refractivity contribution in [1.82, 2.24) is 14.7 Å². The molecule has 7 heteroatoms. The van der Waals surface area contributed by atoms with Crippen LogP contribution >= 0.6 is 0 Å². The molecule has 2 aromatic carbocycles. The third-order valence-electron chi connectivity index (χ3n) is 5.60. The van der Waals surface area contributed by atoms with Crippen LogP contribution in [0.4, 0.5) is 4.79 Å².